The van der Waals surface area contributed by atoms with Gasteiger partial charge in [-0.05, 0) is 27.2 Å². The van der Waals surface area contributed by atoms with Crippen LogP contribution in [-0.4, -0.2) is 39.6 Å². The summed E-state index contributed by atoms with van der Waals surface area (Å²) in [6, 6.07) is -1.05. The van der Waals surface area contributed by atoms with E-state index < -0.39 is 30.8 Å². The van der Waals surface area contributed by atoms with Crippen LogP contribution in [0.2, 0.25) is 0 Å². The van der Waals surface area contributed by atoms with E-state index in [-0.39, 0.29) is 13.0 Å². The van der Waals surface area contributed by atoms with E-state index in [2.05, 4.69) is 15.7 Å². The number of nitrogens with one attached hydrogen (secondary N) is 2. The molecular weight excluding hydrogens is 329 g/mol. The molecule has 24 heavy (non-hydrogen) atoms. The highest BCUT2D eigenvalue weighted by atomic mass is 19.4. The number of alkyl halides is 3. The summed E-state index contributed by atoms with van der Waals surface area (Å²) in [4.78, 5) is 22.1. The normalized spacial score (nSPS) is 12.8. The summed E-state index contributed by atoms with van der Waals surface area (Å²) in [5.74, 6) is -0.950. The van der Waals surface area contributed by atoms with Crippen LogP contribution in [0, 0.1) is 13.8 Å². The van der Waals surface area contributed by atoms with Crippen LogP contribution in [0.5, 0.6) is 0 Å². The largest absolute Gasteiger partial charge is 0.481 e. The number of amides is 2. The Bertz CT molecular complexity index is 599. The molecule has 1 aromatic rings. The molecule has 0 bridgehead atoms. The second kappa shape index (κ2) is 8.02. The number of hydrogen-bond donors (Lipinski definition) is 3. The topological polar surface area (TPSA) is 96.3 Å². The van der Waals surface area contributed by atoms with Gasteiger partial charge in [-0.15, -0.1) is 0 Å². The SMILES string of the molecule is Cc1nn(CC(F)(F)F)c(C)c1C(C)NC(=O)NCCCC(=O)O. The van der Waals surface area contributed by atoms with Gasteiger partial charge in [0.1, 0.15) is 6.54 Å². The van der Waals surface area contributed by atoms with Crippen LogP contribution >= 0.6 is 0 Å². The van der Waals surface area contributed by atoms with E-state index in [1.807, 2.05) is 0 Å². The summed E-state index contributed by atoms with van der Waals surface area (Å²) in [5.41, 5.74) is 1.28. The Kier molecular flexibility index (Phi) is 6.61. The molecule has 10 heteroatoms. The summed E-state index contributed by atoms with van der Waals surface area (Å²) in [6.45, 7) is 3.75. The first-order valence-corrected chi connectivity index (χ1v) is 7.38. The van der Waals surface area contributed by atoms with E-state index in [1.165, 1.54) is 6.92 Å². The number of urea groups is 1. The van der Waals surface area contributed by atoms with Crippen LogP contribution in [0.1, 0.15) is 42.8 Å². The smallest absolute Gasteiger partial charge is 0.408 e. The highest BCUT2D eigenvalue weighted by molar-refractivity contribution is 5.74. The number of carboxylic acid groups (broad SMARTS) is 1. The molecule has 1 unspecified atom stereocenters. The van der Waals surface area contributed by atoms with Crippen LogP contribution in [0.4, 0.5) is 18.0 Å². The number of carbonyl (C=O) groups is 2. The van der Waals surface area contributed by atoms with Crippen molar-refractivity contribution in [2.24, 2.45) is 0 Å². The third kappa shape index (κ3) is 6.09. The number of aromatic nitrogens is 2. The van der Waals surface area contributed by atoms with Gasteiger partial charge in [0, 0.05) is 24.2 Å². The molecular formula is C14H21F3N4O3. The molecule has 1 rings (SSSR count). The van der Waals surface area contributed by atoms with E-state index in [0.29, 0.717) is 23.4 Å². The second-order valence-electron chi connectivity index (χ2n) is 5.48. The molecule has 0 aromatic carbocycles. The van der Waals surface area contributed by atoms with Gasteiger partial charge in [-0.25, -0.2) is 4.79 Å². The molecule has 1 heterocycles. The van der Waals surface area contributed by atoms with E-state index >= 15 is 0 Å². The molecule has 3 N–H and O–H groups in total. The average molecular weight is 350 g/mol. The molecule has 1 atom stereocenters. The fourth-order valence-electron chi connectivity index (χ4n) is 2.42. The minimum absolute atomic E-state index is 0.0573. The third-order valence-corrected chi connectivity index (χ3v) is 3.40. The molecule has 7 nitrogen and oxygen atoms in total. The molecule has 0 saturated heterocycles. The van der Waals surface area contributed by atoms with Crippen molar-refractivity contribution in [1.82, 2.24) is 20.4 Å². The Morgan fingerprint density at radius 2 is 1.96 bits per heavy atom. The van der Waals surface area contributed by atoms with Crippen molar-refractivity contribution in [2.75, 3.05) is 6.54 Å². The standard InChI is InChI=1S/C14H21F3N4O3/c1-8(19-13(24)18-6-4-5-11(22)23)12-9(2)20-21(10(12)3)7-14(15,16)17/h8H,4-7H2,1-3H3,(H,22,23)(H2,18,19,24). The second-order valence-corrected chi connectivity index (χ2v) is 5.48. The Balaban J connectivity index is 2.66. The molecule has 0 aliphatic rings. The molecule has 0 saturated carbocycles. The first-order chi connectivity index (χ1) is 11.0. The van der Waals surface area contributed by atoms with E-state index in [4.69, 9.17) is 5.11 Å². The monoisotopic (exact) mass is 350 g/mol. The van der Waals surface area contributed by atoms with Gasteiger partial charge in [-0.1, -0.05) is 0 Å². The number of aliphatic carboxylic acids is 1. The van der Waals surface area contributed by atoms with Crippen LogP contribution < -0.4 is 10.6 Å². The van der Waals surface area contributed by atoms with Crippen molar-refractivity contribution in [2.45, 2.75) is 52.4 Å². The minimum Gasteiger partial charge on any atom is -0.481 e. The maximum absolute atomic E-state index is 12.5. The van der Waals surface area contributed by atoms with E-state index in [9.17, 15) is 22.8 Å². The lowest BCUT2D eigenvalue weighted by molar-refractivity contribution is -0.143. The van der Waals surface area contributed by atoms with Crippen LogP contribution in [0.25, 0.3) is 0 Å². The highest BCUT2D eigenvalue weighted by Crippen LogP contribution is 2.24. The van der Waals surface area contributed by atoms with Crippen molar-refractivity contribution in [3.05, 3.63) is 17.0 Å². The number of halogens is 3. The number of hydrogen-bond acceptors (Lipinski definition) is 3. The fraction of sp³-hybridized carbons (Fsp3) is 0.643. The number of carboxylic acids is 1. The number of aryl methyl sites for hydroxylation is 1. The van der Waals surface area contributed by atoms with Gasteiger partial charge in [-0.3, -0.25) is 9.48 Å². The van der Waals surface area contributed by atoms with Crippen molar-refractivity contribution in [3.63, 3.8) is 0 Å². The molecule has 136 valence electrons. The van der Waals surface area contributed by atoms with Crippen molar-refractivity contribution in [3.8, 4) is 0 Å². The summed E-state index contributed by atoms with van der Waals surface area (Å²) in [7, 11) is 0. The Labute approximate surface area is 137 Å². The quantitative estimate of drug-likeness (QED) is 0.658. The first kappa shape index (κ1) is 19.8. The molecule has 0 radical (unpaired) electrons. The van der Waals surface area contributed by atoms with Crippen LogP contribution in [-0.2, 0) is 11.3 Å². The lowest BCUT2D eigenvalue weighted by Gasteiger charge is -2.16. The number of rotatable bonds is 7. The van der Waals surface area contributed by atoms with Gasteiger partial charge < -0.3 is 15.7 Å². The predicted molar refractivity (Wildman–Crippen MR) is 79.6 cm³/mol. The van der Waals surface area contributed by atoms with Crippen molar-refractivity contribution in [1.29, 1.82) is 0 Å². The van der Waals surface area contributed by atoms with E-state index in [1.54, 1.807) is 13.8 Å². The zero-order chi connectivity index (χ0) is 18.5. The van der Waals surface area contributed by atoms with Gasteiger partial charge in [0.2, 0.25) is 0 Å². The lowest BCUT2D eigenvalue weighted by atomic mass is 10.1. The molecule has 0 spiro atoms. The molecule has 0 aliphatic carbocycles. The van der Waals surface area contributed by atoms with Crippen LogP contribution in [0.3, 0.4) is 0 Å². The highest BCUT2D eigenvalue weighted by Gasteiger charge is 2.30. The summed E-state index contributed by atoms with van der Waals surface area (Å²) >= 11 is 0. The molecule has 0 fully saturated rings. The van der Waals surface area contributed by atoms with Gasteiger partial charge in [-0.2, -0.15) is 18.3 Å². The third-order valence-electron chi connectivity index (χ3n) is 3.40. The van der Waals surface area contributed by atoms with Gasteiger partial charge in [0.25, 0.3) is 0 Å². The number of nitrogens with zero attached hydrogens (tertiary/aromatic N) is 2. The van der Waals surface area contributed by atoms with E-state index in [0.717, 1.165) is 4.68 Å². The van der Waals surface area contributed by atoms with Gasteiger partial charge >= 0.3 is 18.2 Å². The zero-order valence-corrected chi connectivity index (χ0v) is 13.7. The maximum Gasteiger partial charge on any atom is 0.408 e. The average Bonchev–Trinajstić information content (AvgIpc) is 2.67. The van der Waals surface area contributed by atoms with Crippen LogP contribution in [0.15, 0.2) is 0 Å². The molecule has 2 amide bonds. The van der Waals surface area contributed by atoms with Gasteiger partial charge in [0.15, 0.2) is 0 Å². The predicted octanol–water partition coefficient (Wildman–Crippen LogP) is 2.29. The summed E-state index contributed by atoms with van der Waals surface area (Å²) in [6.07, 6.45) is -4.14. The fourth-order valence-corrected chi connectivity index (χ4v) is 2.42. The maximum atomic E-state index is 12.5. The number of carbonyl (C=O) groups excluding carboxylic acids is 1. The minimum atomic E-state index is -4.38. The first-order valence-electron chi connectivity index (χ1n) is 7.38. The zero-order valence-electron chi connectivity index (χ0n) is 13.7. The molecule has 0 aliphatic heterocycles. The summed E-state index contributed by atoms with van der Waals surface area (Å²) in [5, 5.41) is 17.5. The lowest BCUT2D eigenvalue weighted by Crippen LogP contribution is -2.38. The summed E-state index contributed by atoms with van der Waals surface area (Å²) < 4.78 is 38.4. The Morgan fingerprint density at radius 1 is 1.33 bits per heavy atom. The Hall–Kier alpha value is -2.26. The van der Waals surface area contributed by atoms with Crippen molar-refractivity contribution >= 4 is 12.0 Å². The van der Waals surface area contributed by atoms with Gasteiger partial charge in [0.05, 0.1) is 11.7 Å². The van der Waals surface area contributed by atoms with Crippen molar-refractivity contribution < 1.29 is 27.9 Å². The molecule has 1 aromatic heterocycles. The Morgan fingerprint density at radius 3 is 2.50 bits per heavy atom.